The van der Waals surface area contributed by atoms with E-state index in [1.54, 1.807) is 23.5 Å². The number of rotatable bonds is 5. The molecule has 31 heavy (non-hydrogen) atoms. The van der Waals surface area contributed by atoms with Crippen molar-refractivity contribution in [2.45, 2.75) is 32.1 Å². The van der Waals surface area contributed by atoms with Gasteiger partial charge in [-0.2, -0.15) is 9.61 Å². The summed E-state index contributed by atoms with van der Waals surface area (Å²) in [6, 6.07) is 10.6. The fraction of sp³-hybridized carbons (Fsp3) is 0.348. The van der Waals surface area contributed by atoms with E-state index < -0.39 is 0 Å². The number of nitrogens with one attached hydrogen (secondary N) is 1. The summed E-state index contributed by atoms with van der Waals surface area (Å²) in [5.41, 5.74) is 4.71. The summed E-state index contributed by atoms with van der Waals surface area (Å²) >= 11 is 1.56. The number of halogens is 1. The van der Waals surface area contributed by atoms with E-state index in [4.69, 9.17) is 15.1 Å². The van der Waals surface area contributed by atoms with Crippen LogP contribution in [0.4, 0.5) is 15.3 Å². The second-order valence-electron chi connectivity index (χ2n) is 7.87. The zero-order chi connectivity index (χ0) is 21.4. The van der Waals surface area contributed by atoms with Gasteiger partial charge in [0.2, 0.25) is 0 Å². The molecule has 0 saturated carbocycles. The molecule has 5 rings (SSSR count). The molecule has 4 heterocycles. The normalized spacial score (nSPS) is 14.9. The number of aromatic nitrogens is 4. The van der Waals surface area contributed by atoms with E-state index in [1.807, 2.05) is 16.9 Å². The van der Waals surface area contributed by atoms with Gasteiger partial charge in [0, 0.05) is 23.9 Å². The summed E-state index contributed by atoms with van der Waals surface area (Å²) in [7, 11) is 2.01. The van der Waals surface area contributed by atoms with Crippen LogP contribution in [0, 0.1) is 5.82 Å². The zero-order valence-electron chi connectivity index (χ0n) is 17.7. The predicted octanol–water partition coefficient (Wildman–Crippen LogP) is 4.79. The first-order chi connectivity index (χ1) is 15.1. The minimum Gasteiger partial charge on any atom is -0.317 e. The molecule has 0 aliphatic carbocycles. The van der Waals surface area contributed by atoms with E-state index in [2.05, 4.69) is 29.3 Å². The van der Waals surface area contributed by atoms with Crippen LogP contribution in [0.15, 0.2) is 41.8 Å². The van der Waals surface area contributed by atoms with Gasteiger partial charge in [-0.25, -0.2) is 14.4 Å². The molecule has 0 bridgehead atoms. The summed E-state index contributed by atoms with van der Waals surface area (Å²) in [6.07, 6.45) is 3.01. The lowest BCUT2D eigenvalue weighted by molar-refractivity contribution is 0.449. The van der Waals surface area contributed by atoms with Crippen molar-refractivity contribution in [3.8, 4) is 11.3 Å². The Morgan fingerprint density at radius 2 is 1.90 bits per heavy atom. The monoisotopic (exact) mass is 436 g/mol. The Kier molecular flexibility index (Phi) is 5.41. The van der Waals surface area contributed by atoms with Crippen molar-refractivity contribution in [1.82, 2.24) is 24.9 Å². The molecule has 1 N–H and O–H groups in total. The van der Waals surface area contributed by atoms with Crippen molar-refractivity contribution in [1.29, 1.82) is 0 Å². The largest absolute Gasteiger partial charge is 0.317 e. The Balaban J connectivity index is 1.53. The summed E-state index contributed by atoms with van der Waals surface area (Å²) < 4.78 is 15.2. The molecule has 0 unspecified atom stereocenters. The number of fused-ring (bicyclic) bond motifs is 1. The topological polar surface area (TPSA) is 58.4 Å². The first-order valence-corrected chi connectivity index (χ1v) is 11.6. The number of benzene rings is 1. The number of imidazole rings is 1. The lowest BCUT2D eigenvalue weighted by Gasteiger charge is -2.22. The second kappa shape index (κ2) is 8.36. The molecule has 4 aromatic rings. The van der Waals surface area contributed by atoms with Gasteiger partial charge in [0.1, 0.15) is 5.82 Å². The Hall–Kier alpha value is -2.84. The van der Waals surface area contributed by atoms with Gasteiger partial charge in [0.25, 0.3) is 0 Å². The smallest absolute Gasteiger partial charge is 0.191 e. The van der Waals surface area contributed by atoms with Crippen LogP contribution < -0.4 is 10.2 Å². The van der Waals surface area contributed by atoms with Gasteiger partial charge in [0.15, 0.2) is 16.6 Å². The maximum Gasteiger partial charge on any atom is 0.191 e. The maximum absolute atomic E-state index is 13.3. The van der Waals surface area contributed by atoms with Crippen LogP contribution in [0.1, 0.15) is 37.1 Å². The third-order valence-electron chi connectivity index (χ3n) is 5.87. The minimum atomic E-state index is -0.245. The predicted molar refractivity (Wildman–Crippen MR) is 123 cm³/mol. The van der Waals surface area contributed by atoms with Crippen molar-refractivity contribution < 1.29 is 4.39 Å². The number of hydrogen-bond acceptors (Lipinski definition) is 6. The number of nitrogens with zero attached hydrogens (tertiary/aromatic N) is 5. The summed E-state index contributed by atoms with van der Waals surface area (Å²) in [5, 5.41) is 11.3. The van der Waals surface area contributed by atoms with Crippen molar-refractivity contribution in [2.24, 2.45) is 0 Å². The highest BCUT2D eigenvalue weighted by Crippen LogP contribution is 2.34. The zero-order valence-corrected chi connectivity index (χ0v) is 18.5. The molecule has 1 aromatic carbocycles. The van der Waals surface area contributed by atoms with Gasteiger partial charge < -0.3 is 10.2 Å². The Labute approximate surface area is 184 Å². The van der Waals surface area contributed by atoms with E-state index >= 15 is 0 Å². The van der Waals surface area contributed by atoms with Crippen molar-refractivity contribution in [3.05, 3.63) is 59.0 Å². The van der Waals surface area contributed by atoms with E-state index in [0.29, 0.717) is 5.92 Å². The highest BCUT2D eigenvalue weighted by Gasteiger charge is 2.22. The molecule has 0 spiro atoms. The lowest BCUT2D eigenvalue weighted by atomic mass is 9.94. The Bertz CT molecular complexity index is 1190. The van der Waals surface area contributed by atoms with E-state index in [0.717, 1.165) is 71.6 Å². The van der Waals surface area contributed by atoms with Crippen LogP contribution in [0.2, 0.25) is 0 Å². The Morgan fingerprint density at radius 3 is 2.65 bits per heavy atom. The summed E-state index contributed by atoms with van der Waals surface area (Å²) in [5.74, 6) is 1.18. The molecule has 1 saturated heterocycles. The average molecular weight is 437 g/mol. The van der Waals surface area contributed by atoms with Crippen LogP contribution in [-0.4, -0.2) is 39.7 Å². The molecule has 160 valence electrons. The first kappa shape index (κ1) is 20.1. The number of aryl methyl sites for hydroxylation is 1. The van der Waals surface area contributed by atoms with Gasteiger partial charge in [-0.05, 0) is 68.8 Å². The SMILES string of the molecule is CCc1nc2ccc(C3CCNCC3)nn2c1N(C)c1nc(-c2ccc(F)cc2)cs1. The first-order valence-electron chi connectivity index (χ1n) is 10.7. The van der Waals surface area contributed by atoms with Crippen LogP contribution in [-0.2, 0) is 6.42 Å². The Morgan fingerprint density at radius 1 is 1.13 bits per heavy atom. The summed E-state index contributed by atoms with van der Waals surface area (Å²) in [6.45, 7) is 4.18. The lowest BCUT2D eigenvalue weighted by Crippen LogP contribution is -2.27. The fourth-order valence-corrected chi connectivity index (χ4v) is 4.95. The van der Waals surface area contributed by atoms with Gasteiger partial charge in [0.05, 0.1) is 17.1 Å². The highest BCUT2D eigenvalue weighted by atomic mass is 32.1. The summed E-state index contributed by atoms with van der Waals surface area (Å²) in [4.78, 5) is 11.7. The number of thiazole rings is 1. The molecule has 1 aliphatic heterocycles. The molecule has 0 amide bonds. The molecule has 8 heteroatoms. The number of hydrogen-bond donors (Lipinski definition) is 1. The average Bonchev–Trinajstić information content (AvgIpc) is 3.44. The quantitative estimate of drug-likeness (QED) is 0.488. The number of piperidine rings is 1. The highest BCUT2D eigenvalue weighted by molar-refractivity contribution is 7.14. The maximum atomic E-state index is 13.3. The van der Waals surface area contributed by atoms with E-state index in [-0.39, 0.29) is 5.82 Å². The molecular weight excluding hydrogens is 411 g/mol. The van der Waals surface area contributed by atoms with Crippen LogP contribution in [0.5, 0.6) is 0 Å². The molecular formula is C23H25FN6S. The fourth-order valence-electron chi connectivity index (χ4n) is 4.15. The van der Waals surface area contributed by atoms with Crippen molar-refractivity contribution in [3.63, 3.8) is 0 Å². The van der Waals surface area contributed by atoms with E-state index in [9.17, 15) is 4.39 Å². The molecule has 0 atom stereocenters. The molecule has 3 aromatic heterocycles. The van der Waals surface area contributed by atoms with Crippen molar-refractivity contribution in [2.75, 3.05) is 25.0 Å². The number of anilines is 2. The van der Waals surface area contributed by atoms with E-state index in [1.165, 1.54) is 12.1 Å². The van der Waals surface area contributed by atoms with Gasteiger partial charge >= 0.3 is 0 Å². The van der Waals surface area contributed by atoms with Crippen LogP contribution >= 0.6 is 11.3 Å². The molecule has 6 nitrogen and oxygen atoms in total. The van der Waals surface area contributed by atoms with Crippen LogP contribution in [0.3, 0.4) is 0 Å². The molecule has 1 fully saturated rings. The van der Waals surface area contributed by atoms with Crippen LogP contribution in [0.25, 0.3) is 16.9 Å². The third-order valence-corrected chi connectivity index (χ3v) is 6.79. The van der Waals surface area contributed by atoms with Crippen molar-refractivity contribution >= 4 is 27.9 Å². The molecule has 1 aliphatic rings. The minimum absolute atomic E-state index is 0.245. The van der Waals surface area contributed by atoms with Gasteiger partial charge in [-0.15, -0.1) is 11.3 Å². The molecule has 0 radical (unpaired) electrons. The van der Waals surface area contributed by atoms with Gasteiger partial charge in [-0.1, -0.05) is 6.92 Å². The standard InChI is InChI=1S/C23H25FN6S/c1-3-18-22(29(2)23-27-20(14-31-23)15-4-6-17(24)7-5-15)30-21(26-18)9-8-19(28-30)16-10-12-25-13-11-16/h4-9,14,16,25H,3,10-13H2,1-2H3. The second-order valence-corrected chi connectivity index (χ2v) is 8.71. The van der Waals surface area contributed by atoms with Gasteiger partial charge in [-0.3, -0.25) is 0 Å². The third kappa shape index (κ3) is 3.81.